The summed E-state index contributed by atoms with van der Waals surface area (Å²) in [6.45, 7) is 17.2. The number of carbonyl (C=O) groups is 4. The van der Waals surface area contributed by atoms with Gasteiger partial charge >= 0.3 is 5.97 Å². The number of nitrogen functional groups attached to an aromatic ring is 1. The van der Waals surface area contributed by atoms with Gasteiger partial charge in [-0.05, 0) is 73.1 Å². The fraction of sp³-hybridized carbons (Fsp3) is 0.150. The summed E-state index contributed by atoms with van der Waals surface area (Å²) in [5.74, 6) is 2.48. The molecule has 0 radical (unpaired) electrons. The molecule has 0 aliphatic carbocycles. The molecule has 0 unspecified atom stereocenters. The summed E-state index contributed by atoms with van der Waals surface area (Å²) in [4.78, 5) is 53.4. The molecule has 0 aliphatic rings. The monoisotopic (exact) mass is 806 g/mol. The number of aliphatic hydroxyl groups excluding tert-OH is 2. The number of hydrazine groups is 2. The lowest BCUT2D eigenvalue weighted by molar-refractivity contribution is -0.140. The number of amides is 3. The van der Waals surface area contributed by atoms with Crippen LogP contribution < -0.4 is 32.8 Å². The molecule has 6 rings (SSSR count). The Hall–Kier alpha value is -6.86. The summed E-state index contributed by atoms with van der Waals surface area (Å²) in [7, 11) is 0. The zero-order valence-corrected chi connectivity index (χ0v) is 32.1. The fourth-order valence-corrected chi connectivity index (χ4v) is 6.94. The number of benzene rings is 4. The summed E-state index contributed by atoms with van der Waals surface area (Å²) in [6.07, 6.45) is -2.05. The number of nitrogens with two attached hydrogens (primary N) is 1. The minimum Gasteiger partial charge on any atom is -0.480 e. The first kappa shape index (κ1) is 42.9. The van der Waals surface area contributed by atoms with Gasteiger partial charge in [0.2, 0.25) is 11.4 Å². The van der Waals surface area contributed by atoms with Crippen LogP contribution in [0.4, 0.5) is 22.7 Å². The molecule has 3 amide bonds. The second kappa shape index (κ2) is 20.7. The molecule has 4 aromatic carbocycles. The number of nitrogens with zero attached hydrogens (tertiary/aromatic N) is 2. The van der Waals surface area contributed by atoms with Crippen molar-refractivity contribution in [1.82, 2.24) is 16.3 Å². The minimum absolute atomic E-state index is 0.263. The Labute approximate surface area is 335 Å². The molecular weight excluding hydrogens is 769 g/mol. The van der Waals surface area contributed by atoms with Gasteiger partial charge in [0.15, 0.2) is 6.04 Å². The van der Waals surface area contributed by atoms with E-state index >= 15 is 0 Å². The molecule has 0 bridgehead atoms. The number of nitrogens with one attached hydrogen (secondary N) is 5. The van der Waals surface area contributed by atoms with E-state index in [2.05, 4.69) is 31.2 Å². The lowest BCUT2D eigenvalue weighted by Crippen LogP contribution is -2.52. The molecule has 15 nitrogen and oxygen atoms in total. The van der Waals surface area contributed by atoms with Crippen LogP contribution in [0.25, 0.3) is 29.9 Å². The van der Waals surface area contributed by atoms with E-state index in [-0.39, 0.29) is 5.91 Å². The number of hydrogen-bond acceptors (Lipinski definition) is 11. The number of thiophene rings is 2. The number of carbonyl (C=O) groups excluding carboxylic acids is 3. The topological polar surface area (TPSA) is 224 Å². The van der Waals surface area contributed by atoms with Crippen LogP contribution in [0.2, 0.25) is 0 Å². The molecule has 292 valence electrons. The molecule has 4 atom stereocenters. The molecule has 0 saturated heterocycles. The van der Waals surface area contributed by atoms with Gasteiger partial charge in [-0.15, -0.1) is 0 Å². The third kappa shape index (κ3) is 11.3. The predicted molar refractivity (Wildman–Crippen MR) is 222 cm³/mol. The van der Waals surface area contributed by atoms with Crippen LogP contribution in [0.1, 0.15) is 34.6 Å². The second-order valence-electron chi connectivity index (χ2n) is 12.0. The molecule has 2 aromatic heterocycles. The molecule has 57 heavy (non-hydrogen) atoms. The summed E-state index contributed by atoms with van der Waals surface area (Å²) < 4.78 is 1.62. The van der Waals surface area contributed by atoms with Crippen molar-refractivity contribution in [2.75, 3.05) is 10.6 Å². The average Bonchev–Trinajstić information content (AvgIpc) is 3.93. The van der Waals surface area contributed by atoms with Crippen molar-refractivity contribution in [3.63, 3.8) is 0 Å². The molecule has 2 heterocycles. The Morgan fingerprint density at radius 2 is 1.07 bits per heavy atom. The highest BCUT2D eigenvalue weighted by molar-refractivity contribution is 7.18. The SMILES string of the molecule is NNC(=O)c1ccccc1.[C-]#[N+]c1ccc(N[C@@H](C(=O)NNC(=O)c2ccccc2)[C@H](C)O)c2ccsc12.[C-]#[N+]c1ccc(N[C@@H](C(=O)O)[C@H](C)O)c2ccsc12. The second-order valence-corrected chi connectivity index (χ2v) is 13.9. The molecule has 10 N–H and O–H groups in total. The van der Waals surface area contributed by atoms with Crippen LogP contribution in [0.15, 0.2) is 108 Å². The third-order valence-corrected chi connectivity index (χ3v) is 9.94. The number of anilines is 2. The number of fused-ring (bicyclic) bond motifs is 2. The van der Waals surface area contributed by atoms with Gasteiger partial charge in [-0.1, -0.05) is 48.5 Å². The molecule has 0 spiro atoms. The van der Waals surface area contributed by atoms with Crippen molar-refractivity contribution in [3.8, 4) is 0 Å². The molecule has 0 aliphatic heterocycles. The number of hydrogen-bond donors (Lipinski definition) is 9. The maximum atomic E-state index is 12.5. The Bertz CT molecular complexity index is 2410. The summed E-state index contributed by atoms with van der Waals surface area (Å²) in [5, 5.41) is 39.7. The number of carboxylic acid groups (broad SMARTS) is 1. The number of aliphatic carboxylic acids is 1. The van der Waals surface area contributed by atoms with Crippen LogP contribution in [0.5, 0.6) is 0 Å². The van der Waals surface area contributed by atoms with Crippen molar-refractivity contribution in [2.45, 2.75) is 38.1 Å². The van der Waals surface area contributed by atoms with Gasteiger partial charge in [0.25, 0.3) is 17.7 Å². The van der Waals surface area contributed by atoms with Crippen LogP contribution >= 0.6 is 22.7 Å². The number of carboxylic acids is 1. The van der Waals surface area contributed by atoms with Crippen LogP contribution in [-0.4, -0.2) is 63.3 Å². The first-order valence-corrected chi connectivity index (χ1v) is 18.7. The van der Waals surface area contributed by atoms with Gasteiger partial charge in [0, 0.05) is 42.7 Å². The summed E-state index contributed by atoms with van der Waals surface area (Å²) >= 11 is 2.87. The van der Waals surface area contributed by atoms with Gasteiger partial charge in [0.1, 0.15) is 6.04 Å². The number of aliphatic hydroxyl groups is 2. The van der Waals surface area contributed by atoms with Crippen LogP contribution in [0.3, 0.4) is 0 Å². The minimum atomic E-state index is -1.12. The molecule has 0 fully saturated rings. The number of rotatable bonds is 10. The largest absolute Gasteiger partial charge is 0.480 e. The lowest BCUT2D eigenvalue weighted by atomic mass is 10.1. The molecular formula is C40H38N8O7S2. The van der Waals surface area contributed by atoms with Gasteiger partial charge in [0.05, 0.1) is 25.4 Å². The van der Waals surface area contributed by atoms with E-state index in [0.717, 1.165) is 20.2 Å². The van der Waals surface area contributed by atoms with E-state index in [1.807, 2.05) is 34.4 Å². The van der Waals surface area contributed by atoms with Gasteiger partial charge in [-0.2, -0.15) is 22.7 Å². The van der Waals surface area contributed by atoms with E-state index < -0.39 is 42.1 Å². The standard InChI is InChI=1S/C20H18N4O3S.C13H12N2O3S.C7H8N2O/c1-12(25)17(20(27)24-23-19(26)13-6-4-3-5-7-13)22-15-8-9-16(21-2)18-14(15)10-11-28-18;1-7(16)11(13(17)18)15-9-3-4-10(14-2)12-8(9)5-6-19-12;8-9-7(10)6-4-2-1-3-5-6/h3-12,17,22,25H,1H3,(H,23,26)(H,24,27);3-7,11,15-16H,1H3,(H,17,18);1-5H,8H2,(H,9,10)/t12-,17+;7-,11+;/m00./s1. The van der Waals surface area contributed by atoms with E-state index in [1.165, 1.54) is 36.5 Å². The summed E-state index contributed by atoms with van der Waals surface area (Å²) in [5.41, 5.74) is 10.0. The van der Waals surface area contributed by atoms with Crippen molar-refractivity contribution < 1.29 is 34.5 Å². The Balaban J connectivity index is 0.000000213. The highest BCUT2D eigenvalue weighted by Crippen LogP contribution is 2.37. The van der Waals surface area contributed by atoms with Crippen molar-refractivity contribution >= 4 is 89.3 Å². The van der Waals surface area contributed by atoms with E-state index in [1.54, 1.807) is 78.9 Å². The third-order valence-electron chi connectivity index (χ3n) is 8.07. The smallest absolute Gasteiger partial charge is 0.328 e. The Kier molecular flexibility index (Phi) is 15.6. The maximum Gasteiger partial charge on any atom is 0.328 e. The predicted octanol–water partition coefficient (Wildman–Crippen LogP) is 6.06. The summed E-state index contributed by atoms with van der Waals surface area (Å²) in [6, 6.07) is 25.6. The zero-order chi connectivity index (χ0) is 41.5. The molecule has 0 saturated carbocycles. The van der Waals surface area contributed by atoms with E-state index in [0.29, 0.717) is 33.9 Å². The van der Waals surface area contributed by atoms with Crippen molar-refractivity contribution in [1.29, 1.82) is 0 Å². The van der Waals surface area contributed by atoms with Gasteiger partial charge in [-0.3, -0.25) is 30.7 Å². The molecule has 17 heteroatoms. The van der Waals surface area contributed by atoms with Gasteiger partial charge in [-0.25, -0.2) is 20.3 Å². The quantitative estimate of drug-likeness (QED) is 0.0337. The van der Waals surface area contributed by atoms with E-state index in [4.69, 9.17) is 24.1 Å². The van der Waals surface area contributed by atoms with Crippen LogP contribution in [-0.2, 0) is 9.59 Å². The fourth-order valence-electron chi connectivity index (χ4n) is 5.18. The Morgan fingerprint density at radius 1 is 0.632 bits per heavy atom. The molecule has 6 aromatic rings. The normalized spacial score (nSPS) is 12.3. The van der Waals surface area contributed by atoms with Gasteiger partial charge < -0.3 is 26.0 Å². The lowest BCUT2D eigenvalue weighted by Gasteiger charge is -2.22. The highest BCUT2D eigenvalue weighted by Gasteiger charge is 2.26. The maximum absolute atomic E-state index is 12.5. The first-order valence-electron chi connectivity index (χ1n) is 17.0. The average molecular weight is 807 g/mol. The van der Waals surface area contributed by atoms with Crippen LogP contribution in [0, 0.1) is 13.1 Å². The zero-order valence-electron chi connectivity index (χ0n) is 30.5. The van der Waals surface area contributed by atoms with Crippen molar-refractivity contribution in [3.05, 3.63) is 142 Å². The highest BCUT2D eigenvalue weighted by atomic mass is 32.1. The Morgan fingerprint density at radius 3 is 1.47 bits per heavy atom. The van der Waals surface area contributed by atoms with Crippen molar-refractivity contribution in [2.24, 2.45) is 5.84 Å². The van der Waals surface area contributed by atoms with E-state index in [9.17, 15) is 29.4 Å². The first-order chi connectivity index (χ1) is 27.4.